The third kappa shape index (κ3) is 4.31. The van der Waals surface area contributed by atoms with E-state index in [0.717, 1.165) is 49.2 Å². The number of nitrogens with zero attached hydrogens (tertiary/aromatic N) is 1. The van der Waals surface area contributed by atoms with E-state index in [-0.39, 0.29) is 11.8 Å². The number of nitrogens with one attached hydrogen (secondary N) is 1. The van der Waals surface area contributed by atoms with Gasteiger partial charge in [0.1, 0.15) is 5.00 Å². The molecule has 0 radical (unpaired) electrons. The summed E-state index contributed by atoms with van der Waals surface area (Å²) in [6.07, 6.45) is 8.88. The first kappa shape index (κ1) is 21.1. The molecule has 0 bridgehead atoms. The Balaban J connectivity index is 1.68. The van der Waals surface area contributed by atoms with Gasteiger partial charge in [-0.1, -0.05) is 44.4 Å². The van der Waals surface area contributed by atoms with Crippen LogP contribution in [0.1, 0.15) is 83.5 Å². The first-order valence-electron chi connectivity index (χ1n) is 11.4. The van der Waals surface area contributed by atoms with Crippen molar-refractivity contribution in [2.24, 2.45) is 5.92 Å². The number of benzene rings is 1. The fourth-order valence-corrected chi connectivity index (χ4v) is 6.33. The second kappa shape index (κ2) is 9.34. The van der Waals surface area contributed by atoms with Gasteiger partial charge in [0.25, 0.3) is 11.8 Å². The van der Waals surface area contributed by atoms with Gasteiger partial charge in [0.05, 0.1) is 5.56 Å². The molecule has 2 aliphatic rings. The lowest BCUT2D eigenvalue weighted by Gasteiger charge is -2.34. The summed E-state index contributed by atoms with van der Waals surface area (Å²) in [5, 5.41) is 3.83. The van der Waals surface area contributed by atoms with E-state index < -0.39 is 0 Å². The van der Waals surface area contributed by atoms with Crippen molar-refractivity contribution in [3.63, 3.8) is 0 Å². The van der Waals surface area contributed by atoms with Gasteiger partial charge in [-0.05, 0) is 62.6 Å². The number of rotatable bonds is 5. The number of carbonyl (C=O) groups is 2. The maximum Gasteiger partial charge on any atom is 0.257 e. The molecule has 1 aromatic heterocycles. The molecule has 4 rings (SSSR count). The van der Waals surface area contributed by atoms with Gasteiger partial charge in [-0.3, -0.25) is 9.59 Å². The van der Waals surface area contributed by atoms with Crippen molar-refractivity contribution in [1.82, 2.24) is 4.90 Å². The fraction of sp³-hybridized carbons (Fsp3) is 0.520. The van der Waals surface area contributed by atoms with Crippen molar-refractivity contribution >= 4 is 28.2 Å². The van der Waals surface area contributed by atoms with Crippen LogP contribution in [-0.4, -0.2) is 29.3 Å². The number of thiophene rings is 1. The lowest BCUT2D eigenvalue weighted by Crippen LogP contribution is -2.41. The van der Waals surface area contributed by atoms with Crippen molar-refractivity contribution in [3.8, 4) is 0 Å². The highest BCUT2D eigenvalue weighted by atomic mass is 32.1. The molecule has 1 fully saturated rings. The van der Waals surface area contributed by atoms with Crippen LogP contribution in [-0.2, 0) is 12.8 Å². The zero-order valence-electron chi connectivity index (χ0n) is 18.1. The van der Waals surface area contributed by atoms with E-state index in [1.807, 2.05) is 30.3 Å². The molecule has 160 valence electrons. The first-order valence-corrected chi connectivity index (χ1v) is 12.2. The minimum atomic E-state index is -0.142. The number of hydrogen-bond acceptors (Lipinski definition) is 3. The zero-order chi connectivity index (χ0) is 21.1. The Bertz CT molecular complexity index is 899. The summed E-state index contributed by atoms with van der Waals surface area (Å²) in [6.45, 7) is 5.07. The zero-order valence-corrected chi connectivity index (χ0v) is 18.9. The van der Waals surface area contributed by atoms with E-state index in [9.17, 15) is 9.59 Å². The average molecular weight is 425 g/mol. The smallest absolute Gasteiger partial charge is 0.257 e. The van der Waals surface area contributed by atoms with Crippen LogP contribution in [0, 0.1) is 5.92 Å². The van der Waals surface area contributed by atoms with E-state index in [0.29, 0.717) is 17.5 Å². The number of amides is 2. The van der Waals surface area contributed by atoms with Gasteiger partial charge < -0.3 is 10.2 Å². The molecule has 1 N–H and O–H groups in total. The van der Waals surface area contributed by atoms with Gasteiger partial charge in [0.2, 0.25) is 0 Å². The van der Waals surface area contributed by atoms with Crippen LogP contribution in [0.5, 0.6) is 0 Å². The topological polar surface area (TPSA) is 49.4 Å². The fourth-order valence-electron chi connectivity index (χ4n) is 4.93. The number of carbonyl (C=O) groups excluding carboxylic acids is 2. The maximum absolute atomic E-state index is 13.8. The van der Waals surface area contributed by atoms with E-state index in [1.54, 1.807) is 11.3 Å². The Kier molecular flexibility index (Phi) is 6.57. The van der Waals surface area contributed by atoms with Crippen LogP contribution < -0.4 is 5.32 Å². The molecule has 1 unspecified atom stereocenters. The second-order valence-electron chi connectivity index (χ2n) is 8.76. The van der Waals surface area contributed by atoms with Crippen LogP contribution in [0.15, 0.2) is 30.3 Å². The SMILES string of the molecule is CCN(C(=O)c1c(NC(=O)c2ccccc2)sc2c1CCC(C)C2)C1CCCCC1. The number of hydrogen-bond donors (Lipinski definition) is 1. The summed E-state index contributed by atoms with van der Waals surface area (Å²) in [5.74, 6) is 0.592. The van der Waals surface area contributed by atoms with Crippen molar-refractivity contribution in [3.05, 3.63) is 51.9 Å². The minimum absolute atomic E-state index is 0.111. The minimum Gasteiger partial charge on any atom is -0.336 e. The molecule has 2 amide bonds. The monoisotopic (exact) mass is 424 g/mol. The largest absolute Gasteiger partial charge is 0.336 e. The van der Waals surface area contributed by atoms with Crippen LogP contribution >= 0.6 is 11.3 Å². The summed E-state index contributed by atoms with van der Waals surface area (Å²) in [4.78, 5) is 30.0. The van der Waals surface area contributed by atoms with Gasteiger partial charge in [-0.2, -0.15) is 0 Å². The average Bonchev–Trinajstić information content (AvgIpc) is 3.12. The molecular formula is C25H32N2O2S. The van der Waals surface area contributed by atoms with E-state index in [2.05, 4.69) is 24.1 Å². The molecule has 2 aliphatic carbocycles. The molecule has 1 atom stereocenters. The van der Waals surface area contributed by atoms with Gasteiger partial charge in [0.15, 0.2) is 0 Å². The molecule has 30 heavy (non-hydrogen) atoms. The Morgan fingerprint density at radius 3 is 2.53 bits per heavy atom. The normalized spacial score (nSPS) is 19.2. The lowest BCUT2D eigenvalue weighted by atomic mass is 9.87. The predicted octanol–water partition coefficient (Wildman–Crippen LogP) is 5.92. The third-order valence-corrected chi connectivity index (χ3v) is 7.78. The molecule has 0 aliphatic heterocycles. The predicted molar refractivity (Wildman–Crippen MR) is 123 cm³/mol. The molecule has 5 heteroatoms. The van der Waals surface area contributed by atoms with Crippen LogP contribution in [0.3, 0.4) is 0 Å². The van der Waals surface area contributed by atoms with Crippen molar-refractivity contribution in [2.75, 3.05) is 11.9 Å². The van der Waals surface area contributed by atoms with Crippen LogP contribution in [0.25, 0.3) is 0 Å². The lowest BCUT2D eigenvalue weighted by molar-refractivity contribution is 0.0648. The Hall–Kier alpha value is -2.14. The number of fused-ring (bicyclic) bond motifs is 1. The molecular weight excluding hydrogens is 392 g/mol. The summed E-state index contributed by atoms with van der Waals surface area (Å²) in [5.41, 5.74) is 2.56. The van der Waals surface area contributed by atoms with Crippen molar-refractivity contribution in [2.45, 2.75) is 71.3 Å². The molecule has 2 aromatic rings. The van der Waals surface area contributed by atoms with Crippen molar-refractivity contribution in [1.29, 1.82) is 0 Å². The Morgan fingerprint density at radius 2 is 1.83 bits per heavy atom. The highest BCUT2D eigenvalue weighted by molar-refractivity contribution is 7.17. The molecule has 1 aromatic carbocycles. The van der Waals surface area contributed by atoms with Crippen LogP contribution in [0.4, 0.5) is 5.00 Å². The van der Waals surface area contributed by atoms with Gasteiger partial charge in [-0.25, -0.2) is 0 Å². The molecule has 1 heterocycles. The Morgan fingerprint density at radius 1 is 1.10 bits per heavy atom. The van der Waals surface area contributed by atoms with Gasteiger partial charge in [0, 0.05) is 23.0 Å². The van der Waals surface area contributed by atoms with E-state index >= 15 is 0 Å². The molecule has 1 saturated carbocycles. The molecule has 0 saturated heterocycles. The quantitative estimate of drug-likeness (QED) is 0.648. The van der Waals surface area contributed by atoms with Gasteiger partial charge in [-0.15, -0.1) is 11.3 Å². The molecule has 0 spiro atoms. The summed E-state index contributed by atoms with van der Waals surface area (Å²) < 4.78 is 0. The third-order valence-electron chi connectivity index (χ3n) is 6.61. The Labute approximate surface area is 183 Å². The number of anilines is 1. The highest BCUT2D eigenvalue weighted by Crippen LogP contribution is 2.41. The first-order chi connectivity index (χ1) is 14.6. The molecule has 4 nitrogen and oxygen atoms in total. The van der Waals surface area contributed by atoms with Crippen molar-refractivity contribution < 1.29 is 9.59 Å². The van der Waals surface area contributed by atoms with Gasteiger partial charge >= 0.3 is 0 Å². The van der Waals surface area contributed by atoms with E-state index in [4.69, 9.17) is 0 Å². The summed E-state index contributed by atoms with van der Waals surface area (Å²) in [7, 11) is 0. The summed E-state index contributed by atoms with van der Waals surface area (Å²) >= 11 is 1.61. The summed E-state index contributed by atoms with van der Waals surface area (Å²) in [6, 6.07) is 9.58. The van der Waals surface area contributed by atoms with E-state index in [1.165, 1.54) is 29.7 Å². The van der Waals surface area contributed by atoms with Crippen LogP contribution in [0.2, 0.25) is 0 Å². The second-order valence-corrected chi connectivity index (χ2v) is 9.86. The standard InChI is InChI=1S/C25H32N2O2S/c1-3-27(19-12-8-5-9-13-19)25(29)22-20-15-14-17(2)16-21(20)30-24(22)26-23(28)18-10-6-4-7-11-18/h4,6-7,10-11,17,19H,3,5,8-9,12-16H2,1-2H3,(H,26,28). The highest BCUT2D eigenvalue weighted by Gasteiger charge is 2.33. The maximum atomic E-state index is 13.8.